The van der Waals surface area contributed by atoms with Gasteiger partial charge >= 0.3 is 5.69 Å². The lowest BCUT2D eigenvalue weighted by atomic mass is 10.3. The lowest BCUT2D eigenvalue weighted by Gasteiger charge is -1.80. The summed E-state index contributed by atoms with van der Waals surface area (Å²) in [6, 6.07) is 7.68. The van der Waals surface area contributed by atoms with Crippen LogP contribution >= 0.6 is 35.0 Å². The summed E-state index contributed by atoms with van der Waals surface area (Å²) in [5.41, 5.74) is 0.815. The van der Waals surface area contributed by atoms with Crippen molar-refractivity contribution in [2.45, 2.75) is 0 Å². The molecule has 0 aliphatic heterocycles. The van der Waals surface area contributed by atoms with Gasteiger partial charge in [0.25, 0.3) is 6.57 Å². The zero-order chi connectivity index (χ0) is 6.69. The van der Waals surface area contributed by atoms with E-state index in [-0.39, 0.29) is 24.8 Å². The zero-order valence-corrected chi connectivity index (χ0v) is 9.23. The molecular weight excluding hydrogens is 296 g/mol. The van der Waals surface area contributed by atoms with Gasteiger partial charge in [-0.2, -0.15) is 0 Å². The highest BCUT2D eigenvalue weighted by molar-refractivity contribution is 14.1. The normalized spacial score (nSPS) is 6.91. The Morgan fingerprint density at radius 1 is 1.18 bits per heavy atom. The third kappa shape index (κ3) is 4.46. The molecule has 0 aliphatic rings. The summed E-state index contributed by atoms with van der Waals surface area (Å²) in [5, 5.41) is 0. The van der Waals surface area contributed by atoms with Gasteiger partial charge in [0, 0.05) is 15.7 Å². The fraction of sp³-hybridized carbons (Fsp3) is 0. The van der Waals surface area contributed by atoms with Crippen LogP contribution < -0.4 is 12.4 Å². The molecule has 11 heavy (non-hydrogen) atoms. The van der Waals surface area contributed by atoms with Crippen LogP contribution in [0.3, 0.4) is 0 Å². The minimum atomic E-state index is 0. The highest BCUT2D eigenvalue weighted by Crippen LogP contribution is 2.13. The standard InChI is InChI=1S/C7H5IN.2ClH/c1-9-7-4-2-6(8)3-5-7;;/h1-5H;2*1H/q+1;;/p-1. The molecule has 0 heterocycles. The second-order valence-corrected chi connectivity index (χ2v) is 2.85. The average Bonchev–Trinajstić information content (AvgIpc) is 1.90. The molecule has 0 atom stereocenters. The molecule has 0 fully saturated rings. The van der Waals surface area contributed by atoms with Gasteiger partial charge in [-0.15, -0.1) is 12.4 Å². The third-order valence-corrected chi connectivity index (χ3v) is 1.69. The maximum absolute atomic E-state index is 5.02. The molecule has 0 bridgehead atoms. The van der Waals surface area contributed by atoms with E-state index in [4.69, 9.17) is 6.57 Å². The molecule has 60 valence electrons. The Morgan fingerprint density at radius 2 is 1.64 bits per heavy atom. The Kier molecular flexibility index (Phi) is 8.30. The molecule has 0 amide bonds. The Bertz CT molecular complexity index is 240. The van der Waals surface area contributed by atoms with Gasteiger partial charge in [0.05, 0.1) is 0 Å². The number of nitrogens with zero attached hydrogens (tertiary/aromatic N) is 1. The molecule has 0 spiro atoms. The molecular formula is C7H6Cl2IN. The van der Waals surface area contributed by atoms with Gasteiger partial charge in [0.1, 0.15) is 0 Å². The minimum absolute atomic E-state index is 0. The number of benzene rings is 1. The van der Waals surface area contributed by atoms with Crippen molar-refractivity contribution in [3.63, 3.8) is 0 Å². The maximum Gasteiger partial charge on any atom is 0.339 e. The minimum Gasteiger partial charge on any atom is -1.00 e. The van der Waals surface area contributed by atoms with Crippen molar-refractivity contribution in [3.8, 4) is 6.57 Å². The van der Waals surface area contributed by atoms with Gasteiger partial charge in [-0.1, -0.05) is 0 Å². The first kappa shape index (κ1) is 13.6. The van der Waals surface area contributed by atoms with Crippen LogP contribution in [0.4, 0.5) is 5.69 Å². The van der Waals surface area contributed by atoms with E-state index in [1.54, 1.807) is 0 Å². The molecule has 0 N–H and O–H groups in total. The third-order valence-electron chi connectivity index (χ3n) is 0.976. The first-order valence-electron chi connectivity index (χ1n) is 2.49. The fourth-order valence-corrected chi connectivity index (χ4v) is 0.887. The summed E-state index contributed by atoms with van der Waals surface area (Å²) in [4.78, 5) is 3.51. The fourth-order valence-electron chi connectivity index (χ4n) is 0.527. The van der Waals surface area contributed by atoms with E-state index in [9.17, 15) is 0 Å². The highest BCUT2D eigenvalue weighted by Gasteiger charge is 1.95. The predicted octanol–water partition coefficient (Wildman–Crippen LogP) is 0.311. The van der Waals surface area contributed by atoms with Crippen molar-refractivity contribution in [1.82, 2.24) is 0 Å². The second kappa shape index (κ2) is 6.71. The molecule has 0 radical (unpaired) electrons. The topological polar surface area (TPSA) is 4.36 Å². The van der Waals surface area contributed by atoms with Crippen LogP contribution in [0, 0.1) is 10.1 Å². The Labute approximate surface area is 92.0 Å². The average molecular weight is 302 g/mol. The number of rotatable bonds is 0. The quantitative estimate of drug-likeness (QED) is 0.608. The zero-order valence-electron chi connectivity index (χ0n) is 5.50. The van der Waals surface area contributed by atoms with Crippen molar-refractivity contribution >= 4 is 40.7 Å². The monoisotopic (exact) mass is 301 g/mol. The molecule has 1 nitrogen and oxygen atoms in total. The van der Waals surface area contributed by atoms with Crippen molar-refractivity contribution in [1.29, 1.82) is 0 Å². The SMILES string of the molecule is C#[N+]c1ccc(I)cc1.Cl.[Cl-]. The van der Waals surface area contributed by atoms with Crippen molar-refractivity contribution in [3.05, 3.63) is 32.7 Å². The Morgan fingerprint density at radius 3 is 2.00 bits per heavy atom. The molecule has 0 saturated carbocycles. The van der Waals surface area contributed by atoms with Gasteiger partial charge in [-0.3, -0.25) is 0 Å². The summed E-state index contributed by atoms with van der Waals surface area (Å²) in [6.07, 6.45) is 0. The predicted molar refractivity (Wildman–Crippen MR) is 54.4 cm³/mol. The van der Waals surface area contributed by atoms with Crippen LogP contribution in [0.25, 0.3) is 4.85 Å². The van der Waals surface area contributed by atoms with E-state index in [2.05, 4.69) is 27.4 Å². The molecule has 0 saturated heterocycles. The van der Waals surface area contributed by atoms with Crippen LogP contribution in [0.2, 0.25) is 0 Å². The van der Waals surface area contributed by atoms with E-state index >= 15 is 0 Å². The van der Waals surface area contributed by atoms with Gasteiger partial charge < -0.3 is 12.4 Å². The summed E-state index contributed by atoms with van der Waals surface area (Å²) in [5.74, 6) is 0. The number of halogens is 3. The van der Waals surface area contributed by atoms with Gasteiger partial charge in [0.15, 0.2) is 0 Å². The molecule has 0 unspecified atom stereocenters. The van der Waals surface area contributed by atoms with Crippen LogP contribution in [-0.4, -0.2) is 0 Å². The molecule has 1 rings (SSSR count). The van der Waals surface area contributed by atoms with Gasteiger partial charge in [0.2, 0.25) is 0 Å². The van der Waals surface area contributed by atoms with Crippen molar-refractivity contribution in [2.24, 2.45) is 0 Å². The lowest BCUT2D eigenvalue weighted by Crippen LogP contribution is -3.00. The lowest BCUT2D eigenvalue weighted by molar-refractivity contribution is -0.00000182. The maximum atomic E-state index is 5.02. The molecule has 1 aromatic rings. The molecule has 4 heteroatoms. The highest BCUT2D eigenvalue weighted by atomic mass is 127. The number of hydrogen-bond donors (Lipinski definition) is 0. The summed E-state index contributed by atoms with van der Waals surface area (Å²) < 4.78 is 1.19. The summed E-state index contributed by atoms with van der Waals surface area (Å²) in [6.45, 7) is 5.02. The van der Waals surface area contributed by atoms with Crippen LogP contribution in [0.1, 0.15) is 0 Å². The van der Waals surface area contributed by atoms with E-state index in [1.807, 2.05) is 24.3 Å². The Balaban J connectivity index is 0. The van der Waals surface area contributed by atoms with E-state index < -0.39 is 0 Å². The van der Waals surface area contributed by atoms with Gasteiger partial charge in [-0.05, 0) is 39.6 Å². The van der Waals surface area contributed by atoms with Crippen LogP contribution in [-0.2, 0) is 0 Å². The summed E-state index contributed by atoms with van der Waals surface area (Å²) in [7, 11) is 0. The Hall–Kier alpha value is 0.0200. The van der Waals surface area contributed by atoms with E-state index in [1.165, 1.54) is 3.57 Å². The van der Waals surface area contributed by atoms with Gasteiger partial charge in [-0.25, -0.2) is 0 Å². The van der Waals surface area contributed by atoms with Crippen molar-refractivity contribution in [2.75, 3.05) is 0 Å². The first-order valence-corrected chi connectivity index (χ1v) is 3.57. The van der Waals surface area contributed by atoms with Crippen LogP contribution in [0.15, 0.2) is 24.3 Å². The van der Waals surface area contributed by atoms with Crippen LogP contribution in [0.5, 0.6) is 0 Å². The molecule has 0 aliphatic carbocycles. The largest absolute Gasteiger partial charge is 1.00 e. The number of hydrogen-bond acceptors (Lipinski definition) is 0. The smallest absolute Gasteiger partial charge is 0.339 e. The second-order valence-electron chi connectivity index (χ2n) is 1.61. The van der Waals surface area contributed by atoms with E-state index in [0.29, 0.717) is 0 Å². The summed E-state index contributed by atoms with van der Waals surface area (Å²) >= 11 is 2.23. The molecule has 1 aromatic carbocycles. The first-order chi connectivity index (χ1) is 4.33. The van der Waals surface area contributed by atoms with E-state index in [0.717, 1.165) is 5.69 Å². The van der Waals surface area contributed by atoms with Crippen molar-refractivity contribution < 1.29 is 12.4 Å². The molecule has 0 aromatic heterocycles.